The zero-order valence-corrected chi connectivity index (χ0v) is 20.9. The Hall–Kier alpha value is -3.70. The highest BCUT2D eigenvalue weighted by molar-refractivity contribution is 7.10. The summed E-state index contributed by atoms with van der Waals surface area (Å²) < 4.78 is 0. The largest absolute Gasteiger partial charge is 0.330 e. The minimum Gasteiger partial charge on any atom is -0.330 e. The average Bonchev–Trinajstić information content (AvgIpc) is 3.67. The van der Waals surface area contributed by atoms with Gasteiger partial charge in [0.15, 0.2) is 0 Å². The van der Waals surface area contributed by atoms with E-state index in [1.54, 1.807) is 16.2 Å². The third-order valence-corrected chi connectivity index (χ3v) is 8.19. The molecule has 3 aromatic carbocycles. The van der Waals surface area contributed by atoms with Gasteiger partial charge < -0.3 is 9.80 Å². The Morgan fingerprint density at radius 1 is 0.833 bits per heavy atom. The molecule has 1 unspecified atom stereocenters. The summed E-state index contributed by atoms with van der Waals surface area (Å²) in [5.74, 6) is -0.0446. The van der Waals surface area contributed by atoms with E-state index in [0.29, 0.717) is 12.1 Å². The van der Waals surface area contributed by atoms with E-state index in [2.05, 4.69) is 35.7 Å². The molecule has 6 rings (SSSR count). The van der Waals surface area contributed by atoms with Gasteiger partial charge in [0.25, 0.3) is 5.91 Å². The van der Waals surface area contributed by atoms with E-state index in [0.717, 1.165) is 36.0 Å². The lowest BCUT2D eigenvalue weighted by atomic mass is 9.93. The van der Waals surface area contributed by atoms with Crippen molar-refractivity contribution in [2.45, 2.75) is 31.3 Å². The van der Waals surface area contributed by atoms with Gasteiger partial charge in [-0.1, -0.05) is 72.8 Å². The summed E-state index contributed by atoms with van der Waals surface area (Å²) in [5, 5.41) is 2.12. The molecule has 0 bridgehead atoms. The minimum absolute atomic E-state index is 0.0156. The van der Waals surface area contributed by atoms with Crippen molar-refractivity contribution in [2.24, 2.45) is 0 Å². The number of thiophene rings is 1. The Morgan fingerprint density at radius 3 is 2.19 bits per heavy atom. The van der Waals surface area contributed by atoms with E-state index >= 15 is 0 Å². The maximum atomic E-state index is 13.8. The van der Waals surface area contributed by atoms with E-state index in [4.69, 9.17) is 0 Å². The summed E-state index contributed by atoms with van der Waals surface area (Å²) in [6, 6.07) is 30.3. The summed E-state index contributed by atoms with van der Waals surface area (Å²) >= 11 is 1.77. The van der Waals surface area contributed by atoms with Crippen LogP contribution in [0.5, 0.6) is 0 Å². The summed E-state index contributed by atoms with van der Waals surface area (Å²) in [4.78, 5) is 32.4. The van der Waals surface area contributed by atoms with Crippen molar-refractivity contribution in [1.29, 1.82) is 0 Å². The molecule has 180 valence electrons. The fraction of sp³-hybridized carbons (Fsp3) is 0.226. The Labute approximate surface area is 215 Å². The molecule has 1 aliphatic carbocycles. The maximum Gasteiger partial charge on any atom is 0.254 e. The van der Waals surface area contributed by atoms with Crippen LogP contribution in [-0.2, 0) is 11.2 Å². The van der Waals surface area contributed by atoms with Crippen molar-refractivity contribution in [3.63, 3.8) is 0 Å². The van der Waals surface area contributed by atoms with Crippen LogP contribution in [0.4, 0.5) is 0 Å². The predicted octanol–water partition coefficient (Wildman–Crippen LogP) is 6.19. The number of hydrogen-bond acceptors (Lipinski definition) is 3. The van der Waals surface area contributed by atoms with Gasteiger partial charge in [-0.2, -0.15) is 0 Å². The van der Waals surface area contributed by atoms with Crippen molar-refractivity contribution >= 4 is 23.2 Å². The topological polar surface area (TPSA) is 40.6 Å². The third-order valence-electron chi connectivity index (χ3n) is 7.19. The van der Waals surface area contributed by atoms with Gasteiger partial charge in [0, 0.05) is 23.0 Å². The monoisotopic (exact) mass is 492 g/mol. The van der Waals surface area contributed by atoms with Crippen LogP contribution in [0.3, 0.4) is 0 Å². The molecule has 1 aromatic heterocycles. The van der Waals surface area contributed by atoms with Gasteiger partial charge in [-0.3, -0.25) is 9.59 Å². The SMILES string of the molecule is O=C(c1ccc(-c2ccccc2)cc1)N(CC(=O)N1CCc2sccc2C1c1ccccc1)C1CC1. The van der Waals surface area contributed by atoms with Crippen molar-refractivity contribution in [2.75, 3.05) is 13.1 Å². The number of fused-ring (bicyclic) bond motifs is 1. The molecule has 1 saturated carbocycles. The Bertz CT molecular complexity index is 1360. The summed E-state index contributed by atoms with van der Waals surface area (Å²) in [7, 11) is 0. The lowest BCUT2D eigenvalue weighted by Crippen LogP contribution is -2.47. The molecule has 0 N–H and O–H groups in total. The molecule has 0 saturated heterocycles. The van der Waals surface area contributed by atoms with Crippen LogP contribution in [0.2, 0.25) is 0 Å². The third kappa shape index (κ3) is 4.47. The summed E-state index contributed by atoms with van der Waals surface area (Å²) in [6.45, 7) is 0.789. The van der Waals surface area contributed by atoms with Crippen LogP contribution in [0.25, 0.3) is 11.1 Å². The molecule has 0 radical (unpaired) electrons. The molecule has 4 aromatic rings. The fourth-order valence-corrected chi connectivity index (χ4v) is 6.07. The summed E-state index contributed by atoms with van der Waals surface area (Å²) in [6.07, 6.45) is 2.77. The number of carbonyl (C=O) groups is 2. The number of amides is 2. The number of nitrogens with zero attached hydrogens (tertiary/aromatic N) is 2. The van der Waals surface area contributed by atoms with Crippen molar-refractivity contribution in [3.05, 3.63) is 118 Å². The zero-order valence-electron chi connectivity index (χ0n) is 20.0. The zero-order chi connectivity index (χ0) is 24.5. The second kappa shape index (κ2) is 9.75. The number of rotatable bonds is 6. The molecule has 36 heavy (non-hydrogen) atoms. The maximum absolute atomic E-state index is 13.8. The van der Waals surface area contributed by atoms with Gasteiger partial charge in [0.1, 0.15) is 6.54 Å². The van der Waals surface area contributed by atoms with Crippen LogP contribution in [0, 0.1) is 0 Å². The second-order valence-corrected chi connectivity index (χ2v) is 10.6. The molecule has 5 heteroatoms. The number of benzene rings is 3. The minimum atomic E-state index is -0.102. The Balaban J connectivity index is 1.23. The first kappa shape index (κ1) is 22.7. The first-order chi connectivity index (χ1) is 17.7. The van der Waals surface area contributed by atoms with E-state index in [1.165, 1.54) is 10.4 Å². The smallest absolute Gasteiger partial charge is 0.254 e. The highest BCUT2D eigenvalue weighted by atomic mass is 32.1. The lowest BCUT2D eigenvalue weighted by molar-refractivity contribution is -0.134. The van der Waals surface area contributed by atoms with E-state index in [1.807, 2.05) is 65.6 Å². The predicted molar refractivity (Wildman–Crippen MR) is 144 cm³/mol. The normalized spacial score (nSPS) is 16.9. The molecular formula is C31H28N2O2S. The Kier molecular flexibility index (Phi) is 6.16. The Morgan fingerprint density at radius 2 is 1.50 bits per heavy atom. The molecule has 1 aliphatic heterocycles. The van der Waals surface area contributed by atoms with E-state index < -0.39 is 0 Å². The number of carbonyl (C=O) groups excluding carboxylic acids is 2. The first-order valence-electron chi connectivity index (χ1n) is 12.6. The van der Waals surface area contributed by atoms with E-state index in [-0.39, 0.29) is 30.4 Å². The van der Waals surface area contributed by atoms with E-state index in [9.17, 15) is 9.59 Å². The van der Waals surface area contributed by atoms with Crippen LogP contribution in [0.15, 0.2) is 96.4 Å². The fourth-order valence-electron chi connectivity index (χ4n) is 5.17. The standard InChI is InChI=1S/C31H28N2O2S/c34-29(32-19-17-28-27(18-20-36-28)30(32)24-9-5-2-6-10-24)21-33(26-15-16-26)31(35)25-13-11-23(12-14-25)22-7-3-1-4-8-22/h1-14,18,20,26,30H,15-17,19,21H2. The van der Waals surface area contributed by atoms with Gasteiger partial charge in [-0.05, 0) is 65.1 Å². The van der Waals surface area contributed by atoms with Crippen molar-refractivity contribution in [3.8, 4) is 11.1 Å². The first-order valence-corrected chi connectivity index (χ1v) is 13.4. The number of hydrogen-bond donors (Lipinski definition) is 0. The van der Waals surface area contributed by atoms with Crippen LogP contribution < -0.4 is 0 Å². The van der Waals surface area contributed by atoms with Crippen LogP contribution in [0.1, 0.15) is 45.2 Å². The highest BCUT2D eigenvalue weighted by Crippen LogP contribution is 2.38. The average molecular weight is 493 g/mol. The van der Waals surface area contributed by atoms with Gasteiger partial charge in [-0.25, -0.2) is 0 Å². The molecule has 4 nitrogen and oxygen atoms in total. The molecule has 2 amide bonds. The van der Waals surface area contributed by atoms with Crippen LogP contribution >= 0.6 is 11.3 Å². The summed E-state index contributed by atoms with van der Waals surface area (Å²) in [5.41, 5.74) is 5.16. The van der Waals surface area contributed by atoms with Crippen LogP contribution in [-0.4, -0.2) is 40.7 Å². The lowest BCUT2D eigenvalue weighted by Gasteiger charge is -2.37. The van der Waals surface area contributed by atoms with Gasteiger partial charge >= 0.3 is 0 Å². The second-order valence-electron chi connectivity index (χ2n) is 9.56. The van der Waals surface area contributed by atoms with Gasteiger partial charge in [0.2, 0.25) is 5.91 Å². The van der Waals surface area contributed by atoms with Crippen molar-refractivity contribution < 1.29 is 9.59 Å². The quantitative estimate of drug-likeness (QED) is 0.322. The molecule has 1 atom stereocenters. The van der Waals surface area contributed by atoms with Gasteiger partial charge in [-0.15, -0.1) is 11.3 Å². The molecule has 0 spiro atoms. The molecule has 1 fully saturated rings. The molecule has 2 aliphatic rings. The highest BCUT2D eigenvalue weighted by Gasteiger charge is 2.38. The molecule has 2 heterocycles. The van der Waals surface area contributed by atoms with Crippen molar-refractivity contribution in [1.82, 2.24) is 9.80 Å². The molecular weight excluding hydrogens is 464 g/mol. The van der Waals surface area contributed by atoms with Gasteiger partial charge in [0.05, 0.1) is 6.04 Å².